The summed E-state index contributed by atoms with van der Waals surface area (Å²) in [6.45, 7) is 2.08. The monoisotopic (exact) mass is 253 g/mol. The number of rotatable bonds is 2. The van der Waals surface area contributed by atoms with E-state index < -0.39 is 11.9 Å². The summed E-state index contributed by atoms with van der Waals surface area (Å²) in [6.07, 6.45) is 0.0665. The van der Waals surface area contributed by atoms with Crippen LogP contribution in [-0.2, 0) is 9.59 Å². The highest BCUT2D eigenvalue weighted by Crippen LogP contribution is 2.28. The van der Waals surface area contributed by atoms with Gasteiger partial charge in [0.1, 0.15) is 0 Å². The van der Waals surface area contributed by atoms with Crippen LogP contribution in [0.3, 0.4) is 0 Å². The number of halogens is 1. The highest BCUT2D eigenvalue weighted by atomic mass is 35.5. The van der Waals surface area contributed by atoms with Crippen LogP contribution < -0.4 is 4.90 Å². The van der Waals surface area contributed by atoms with Crippen LogP contribution in [0.1, 0.15) is 12.0 Å². The molecule has 0 radical (unpaired) electrons. The summed E-state index contributed by atoms with van der Waals surface area (Å²) in [5, 5.41) is 9.53. The lowest BCUT2D eigenvalue weighted by atomic mass is 10.1. The molecule has 1 fully saturated rings. The molecule has 1 atom stereocenters. The van der Waals surface area contributed by atoms with Crippen molar-refractivity contribution < 1.29 is 14.7 Å². The topological polar surface area (TPSA) is 57.6 Å². The minimum Gasteiger partial charge on any atom is -0.481 e. The van der Waals surface area contributed by atoms with Crippen molar-refractivity contribution in [1.29, 1.82) is 0 Å². The van der Waals surface area contributed by atoms with Gasteiger partial charge in [0, 0.05) is 23.7 Å². The van der Waals surface area contributed by atoms with Crippen LogP contribution in [0.4, 0.5) is 5.69 Å². The van der Waals surface area contributed by atoms with E-state index in [1.54, 1.807) is 18.2 Å². The van der Waals surface area contributed by atoms with E-state index in [1.165, 1.54) is 4.90 Å². The van der Waals surface area contributed by atoms with Crippen molar-refractivity contribution in [3.8, 4) is 0 Å². The van der Waals surface area contributed by atoms with Gasteiger partial charge in [0.25, 0.3) is 0 Å². The quantitative estimate of drug-likeness (QED) is 0.878. The molecule has 1 N–H and O–H groups in total. The van der Waals surface area contributed by atoms with E-state index in [0.717, 1.165) is 5.56 Å². The zero-order valence-electron chi connectivity index (χ0n) is 9.31. The van der Waals surface area contributed by atoms with Gasteiger partial charge in [0.05, 0.1) is 5.92 Å². The molecule has 2 rings (SSSR count). The van der Waals surface area contributed by atoms with Crippen LogP contribution in [-0.4, -0.2) is 23.5 Å². The minimum absolute atomic E-state index is 0.0665. The van der Waals surface area contributed by atoms with Crippen molar-refractivity contribution in [2.45, 2.75) is 13.3 Å². The summed E-state index contributed by atoms with van der Waals surface area (Å²) in [4.78, 5) is 24.1. The molecule has 1 amide bonds. The molecule has 1 aliphatic heterocycles. The van der Waals surface area contributed by atoms with Gasteiger partial charge < -0.3 is 10.0 Å². The Labute approximate surface area is 104 Å². The summed E-state index contributed by atoms with van der Waals surface area (Å²) < 4.78 is 0. The Bertz CT molecular complexity index is 487. The molecule has 0 aliphatic carbocycles. The van der Waals surface area contributed by atoms with Gasteiger partial charge in [-0.25, -0.2) is 0 Å². The number of carbonyl (C=O) groups is 2. The molecule has 1 saturated heterocycles. The normalized spacial score (nSPS) is 19.8. The molecule has 4 nitrogen and oxygen atoms in total. The number of carboxylic acid groups (broad SMARTS) is 1. The predicted octanol–water partition coefficient (Wildman–Crippen LogP) is 2.09. The van der Waals surface area contributed by atoms with E-state index in [2.05, 4.69) is 0 Å². The van der Waals surface area contributed by atoms with Crippen LogP contribution in [0, 0.1) is 12.8 Å². The predicted molar refractivity (Wildman–Crippen MR) is 64.3 cm³/mol. The second-order valence-electron chi connectivity index (χ2n) is 4.18. The molecule has 0 bridgehead atoms. The van der Waals surface area contributed by atoms with Crippen molar-refractivity contribution in [2.75, 3.05) is 11.4 Å². The van der Waals surface area contributed by atoms with Gasteiger partial charge >= 0.3 is 5.97 Å². The number of hydrogen-bond acceptors (Lipinski definition) is 2. The van der Waals surface area contributed by atoms with Crippen LogP contribution in [0.25, 0.3) is 0 Å². The molecule has 1 unspecified atom stereocenters. The number of carbonyl (C=O) groups excluding carboxylic acids is 1. The van der Waals surface area contributed by atoms with Crippen molar-refractivity contribution in [3.63, 3.8) is 0 Å². The number of aliphatic carboxylic acids is 1. The van der Waals surface area contributed by atoms with Crippen molar-refractivity contribution >= 4 is 29.2 Å². The molecule has 0 aromatic heterocycles. The molecular weight excluding hydrogens is 242 g/mol. The second kappa shape index (κ2) is 4.37. The van der Waals surface area contributed by atoms with E-state index in [0.29, 0.717) is 10.7 Å². The van der Waals surface area contributed by atoms with Gasteiger partial charge in [-0.1, -0.05) is 11.6 Å². The first-order valence-corrected chi connectivity index (χ1v) is 5.66. The second-order valence-corrected chi connectivity index (χ2v) is 4.58. The van der Waals surface area contributed by atoms with Crippen LogP contribution in [0.5, 0.6) is 0 Å². The average molecular weight is 254 g/mol. The molecule has 90 valence electrons. The summed E-state index contributed by atoms with van der Waals surface area (Å²) in [5.41, 5.74) is 1.58. The number of amides is 1. The standard InChI is InChI=1S/C12H12ClNO3/c1-7-4-9(2-3-10(7)13)14-6-8(12(16)17)5-11(14)15/h2-4,8H,5-6H2,1H3,(H,16,17). The minimum atomic E-state index is -0.925. The molecule has 1 aliphatic rings. The average Bonchev–Trinajstić information content (AvgIpc) is 2.65. The zero-order chi connectivity index (χ0) is 12.6. The largest absolute Gasteiger partial charge is 0.481 e. The fourth-order valence-corrected chi connectivity index (χ4v) is 2.04. The van der Waals surface area contributed by atoms with E-state index in [4.69, 9.17) is 16.7 Å². The summed E-state index contributed by atoms with van der Waals surface area (Å²) >= 11 is 5.91. The van der Waals surface area contributed by atoms with Gasteiger partial charge in [0.15, 0.2) is 0 Å². The third-order valence-electron chi connectivity index (χ3n) is 2.93. The molecule has 17 heavy (non-hydrogen) atoms. The maximum atomic E-state index is 11.7. The Morgan fingerprint density at radius 1 is 1.53 bits per heavy atom. The smallest absolute Gasteiger partial charge is 0.308 e. The zero-order valence-corrected chi connectivity index (χ0v) is 10.1. The number of carboxylic acids is 1. The third-order valence-corrected chi connectivity index (χ3v) is 3.35. The van der Waals surface area contributed by atoms with Crippen molar-refractivity contribution in [2.24, 2.45) is 5.92 Å². The summed E-state index contributed by atoms with van der Waals surface area (Å²) in [5.74, 6) is -1.69. The molecule has 0 spiro atoms. The first-order chi connectivity index (χ1) is 7.99. The van der Waals surface area contributed by atoms with Crippen LogP contribution >= 0.6 is 11.6 Å². The van der Waals surface area contributed by atoms with Crippen molar-refractivity contribution in [1.82, 2.24) is 0 Å². The SMILES string of the molecule is Cc1cc(N2CC(C(=O)O)CC2=O)ccc1Cl. The van der Waals surface area contributed by atoms with Gasteiger partial charge in [-0.05, 0) is 30.7 Å². The molecule has 5 heteroatoms. The fraction of sp³-hybridized carbons (Fsp3) is 0.333. The fourth-order valence-electron chi connectivity index (χ4n) is 1.92. The highest BCUT2D eigenvalue weighted by Gasteiger charge is 2.35. The van der Waals surface area contributed by atoms with Gasteiger partial charge in [-0.2, -0.15) is 0 Å². The first-order valence-electron chi connectivity index (χ1n) is 5.28. The van der Waals surface area contributed by atoms with E-state index >= 15 is 0 Å². The van der Waals surface area contributed by atoms with Crippen molar-refractivity contribution in [3.05, 3.63) is 28.8 Å². The number of nitrogens with zero attached hydrogens (tertiary/aromatic N) is 1. The molecule has 0 saturated carbocycles. The summed E-state index contributed by atoms with van der Waals surface area (Å²) in [7, 11) is 0. The number of benzene rings is 1. The molecular formula is C12H12ClNO3. The van der Waals surface area contributed by atoms with E-state index in [-0.39, 0.29) is 18.9 Å². The maximum absolute atomic E-state index is 11.7. The molecule has 1 aromatic carbocycles. The van der Waals surface area contributed by atoms with Gasteiger partial charge in [-0.15, -0.1) is 0 Å². The van der Waals surface area contributed by atoms with E-state index in [9.17, 15) is 9.59 Å². The lowest BCUT2D eigenvalue weighted by Crippen LogP contribution is -2.25. The Hall–Kier alpha value is -1.55. The van der Waals surface area contributed by atoms with Gasteiger partial charge in [-0.3, -0.25) is 9.59 Å². The highest BCUT2D eigenvalue weighted by molar-refractivity contribution is 6.31. The van der Waals surface area contributed by atoms with Crippen LogP contribution in [0.2, 0.25) is 5.02 Å². The lowest BCUT2D eigenvalue weighted by molar-refractivity contribution is -0.141. The molecule has 1 heterocycles. The summed E-state index contributed by atoms with van der Waals surface area (Å²) in [6, 6.07) is 5.25. The number of hydrogen-bond donors (Lipinski definition) is 1. The Morgan fingerprint density at radius 2 is 2.24 bits per heavy atom. The Balaban J connectivity index is 2.26. The Kier molecular flexibility index (Phi) is 3.07. The van der Waals surface area contributed by atoms with E-state index in [1.807, 2.05) is 6.92 Å². The molecule has 1 aromatic rings. The third kappa shape index (κ3) is 2.26. The lowest BCUT2D eigenvalue weighted by Gasteiger charge is -2.17. The maximum Gasteiger partial charge on any atom is 0.308 e. The van der Waals surface area contributed by atoms with Gasteiger partial charge in [0.2, 0.25) is 5.91 Å². The van der Waals surface area contributed by atoms with Crippen LogP contribution in [0.15, 0.2) is 18.2 Å². The Morgan fingerprint density at radius 3 is 2.76 bits per heavy atom. The first kappa shape index (κ1) is 11.9. The number of aryl methyl sites for hydroxylation is 1. The number of anilines is 1.